The average molecular weight is 326 g/mol. The quantitative estimate of drug-likeness (QED) is 0.909. The highest BCUT2D eigenvalue weighted by Crippen LogP contribution is 2.21. The predicted molar refractivity (Wildman–Crippen MR) is 75.1 cm³/mol. The smallest absolute Gasteiger partial charge is 0.308 e. The SMILES string of the molecule is Cc1cc(C(=O)N2CCCC(C(=O)O)C2)ccc1Br. The van der Waals surface area contributed by atoms with Crippen molar-refractivity contribution >= 4 is 27.8 Å². The molecule has 4 nitrogen and oxygen atoms in total. The van der Waals surface area contributed by atoms with Gasteiger partial charge in [0, 0.05) is 23.1 Å². The Balaban J connectivity index is 2.14. The summed E-state index contributed by atoms with van der Waals surface area (Å²) >= 11 is 3.40. The fraction of sp³-hybridized carbons (Fsp3) is 0.429. The molecule has 1 aromatic carbocycles. The maximum Gasteiger partial charge on any atom is 0.308 e. The minimum absolute atomic E-state index is 0.0819. The zero-order valence-electron chi connectivity index (χ0n) is 10.7. The van der Waals surface area contributed by atoms with Crippen molar-refractivity contribution in [2.45, 2.75) is 19.8 Å². The monoisotopic (exact) mass is 325 g/mol. The number of nitrogens with zero attached hydrogens (tertiary/aromatic N) is 1. The van der Waals surface area contributed by atoms with Gasteiger partial charge in [-0.1, -0.05) is 15.9 Å². The average Bonchev–Trinajstić information content (AvgIpc) is 2.41. The number of carbonyl (C=O) groups excluding carboxylic acids is 1. The first-order chi connectivity index (χ1) is 8.99. The molecule has 1 saturated heterocycles. The predicted octanol–water partition coefficient (Wildman–Crippen LogP) is 2.69. The van der Waals surface area contributed by atoms with Crippen LogP contribution in [0.1, 0.15) is 28.8 Å². The van der Waals surface area contributed by atoms with Gasteiger partial charge in [0.1, 0.15) is 0 Å². The summed E-state index contributed by atoms with van der Waals surface area (Å²) in [7, 11) is 0. The van der Waals surface area contributed by atoms with Crippen LogP contribution >= 0.6 is 15.9 Å². The summed E-state index contributed by atoms with van der Waals surface area (Å²) in [6.07, 6.45) is 1.40. The maximum atomic E-state index is 12.3. The number of carboxylic acids is 1. The standard InChI is InChI=1S/C14H16BrNO3/c1-9-7-10(4-5-12(9)15)13(17)16-6-2-3-11(8-16)14(18)19/h4-5,7,11H,2-3,6,8H2,1H3,(H,18,19). The van der Waals surface area contributed by atoms with Crippen molar-refractivity contribution in [2.75, 3.05) is 13.1 Å². The number of carboxylic acid groups (broad SMARTS) is 1. The van der Waals surface area contributed by atoms with E-state index in [1.165, 1.54) is 0 Å². The van der Waals surface area contributed by atoms with Gasteiger partial charge in [0.05, 0.1) is 5.92 Å². The van der Waals surface area contributed by atoms with E-state index in [0.717, 1.165) is 16.5 Å². The van der Waals surface area contributed by atoms with Crippen LogP contribution in [0, 0.1) is 12.8 Å². The zero-order chi connectivity index (χ0) is 14.0. The third-order valence-corrected chi connectivity index (χ3v) is 4.35. The van der Waals surface area contributed by atoms with E-state index in [0.29, 0.717) is 25.1 Å². The van der Waals surface area contributed by atoms with Crippen molar-refractivity contribution in [3.05, 3.63) is 33.8 Å². The molecule has 0 aliphatic carbocycles. The first-order valence-corrected chi connectivity index (χ1v) is 7.06. The molecule has 0 saturated carbocycles. The molecule has 1 N–H and O–H groups in total. The number of halogens is 1. The molecule has 0 radical (unpaired) electrons. The van der Waals surface area contributed by atoms with Crippen LogP contribution in [-0.4, -0.2) is 35.0 Å². The lowest BCUT2D eigenvalue weighted by atomic mass is 9.97. The topological polar surface area (TPSA) is 57.6 Å². The molecule has 0 spiro atoms. The van der Waals surface area contributed by atoms with Crippen molar-refractivity contribution in [3.63, 3.8) is 0 Å². The van der Waals surface area contributed by atoms with Gasteiger partial charge in [-0.2, -0.15) is 0 Å². The Morgan fingerprint density at radius 2 is 2.16 bits per heavy atom. The lowest BCUT2D eigenvalue weighted by molar-refractivity contribution is -0.143. The van der Waals surface area contributed by atoms with Crippen LogP contribution in [0.25, 0.3) is 0 Å². The maximum absolute atomic E-state index is 12.3. The van der Waals surface area contributed by atoms with Crippen molar-refractivity contribution < 1.29 is 14.7 Å². The van der Waals surface area contributed by atoms with E-state index in [4.69, 9.17) is 5.11 Å². The Labute approximate surface area is 120 Å². The molecule has 1 unspecified atom stereocenters. The molecule has 0 aromatic heterocycles. The summed E-state index contributed by atoms with van der Waals surface area (Å²) in [4.78, 5) is 25.0. The normalized spacial score (nSPS) is 19.3. The van der Waals surface area contributed by atoms with Crippen LogP contribution in [0.4, 0.5) is 0 Å². The number of amides is 1. The second-order valence-electron chi connectivity index (χ2n) is 4.89. The van der Waals surface area contributed by atoms with E-state index < -0.39 is 11.9 Å². The summed E-state index contributed by atoms with van der Waals surface area (Å²) in [5, 5.41) is 9.04. The number of hydrogen-bond donors (Lipinski definition) is 1. The van der Waals surface area contributed by atoms with Gasteiger partial charge in [-0.25, -0.2) is 0 Å². The molecule has 2 rings (SSSR count). The fourth-order valence-electron chi connectivity index (χ4n) is 2.32. The Bertz CT molecular complexity index is 515. The van der Waals surface area contributed by atoms with E-state index >= 15 is 0 Å². The second kappa shape index (κ2) is 5.74. The van der Waals surface area contributed by atoms with Gasteiger partial charge in [0.2, 0.25) is 0 Å². The van der Waals surface area contributed by atoms with Crippen LogP contribution in [0.2, 0.25) is 0 Å². The Hall–Kier alpha value is -1.36. The summed E-state index contributed by atoms with van der Waals surface area (Å²) in [5.74, 6) is -1.33. The minimum Gasteiger partial charge on any atom is -0.481 e. The summed E-state index contributed by atoms with van der Waals surface area (Å²) < 4.78 is 0.964. The van der Waals surface area contributed by atoms with E-state index in [1.54, 1.807) is 11.0 Å². The number of aliphatic carboxylic acids is 1. The minimum atomic E-state index is -0.815. The van der Waals surface area contributed by atoms with Crippen LogP contribution in [0.3, 0.4) is 0 Å². The lowest BCUT2D eigenvalue weighted by Gasteiger charge is -2.30. The zero-order valence-corrected chi connectivity index (χ0v) is 12.3. The number of piperidine rings is 1. The molecular weight excluding hydrogens is 310 g/mol. The van der Waals surface area contributed by atoms with Gasteiger partial charge in [-0.3, -0.25) is 9.59 Å². The van der Waals surface area contributed by atoms with Crippen molar-refractivity contribution in [2.24, 2.45) is 5.92 Å². The summed E-state index contributed by atoms with van der Waals surface area (Å²) in [5.41, 5.74) is 1.62. The van der Waals surface area contributed by atoms with E-state index in [1.807, 2.05) is 19.1 Å². The number of carbonyl (C=O) groups is 2. The Morgan fingerprint density at radius 1 is 1.42 bits per heavy atom. The molecular formula is C14H16BrNO3. The third-order valence-electron chi connectivity index (χ3n) is 3.46. The number of rotatable bonds is 2. The number of benzene rings is 1. The van der Waals surface area contributed by atoms with E-state index in [-0.39, 0.29) is 5.91 Å². The molecule has 0 bridgehead atoms. The second-order valence-corrected chi connectivity index (χ2v) is 5.75. The van der Waals surface area contributed by atoms with Crippen LogP contribution in [0.5, 0.6) is 0 Å². The lowest BCUT2D eigenvalue weighted by Crippen LogP contribution is -2.42. The van der Waals surface area contributed by atoms with Gasteiger partial charge < -0.3 is 10.0 Å². The van der Waals surface area contributed by atoms with Crippen molar-refractivity contribution in [3.8, 4) is 0 Å². The van der Waals surface area contributed by atoms with Gasteiger partial charge in [0.25, 0.3) is 5.91 Å². The highest BCUT2D eigenvalue weighted by Gasteiger charge is 2.28. The number of aryl methyl sites for hydroxylation is 1. The van der Waals surface area contributed by atoms with Gasteiger partial charge in [0.15, 0.2) is 0 Å². The molecule has 102 valence electrons. The molecule has 1 amide bonds. The van der Waals surface area contributed by atoms with Gasteiger partial charge >= 0.3 is 5.97 Å². The number of hydrogen-bond acceptors (Lipinski definition) is 2. The largest absolute Gasteiger partial charge is 0.481 e. The Kier molecular flexibility index (Phi) is 4.24. The summed E-state index contributed by atoms with van der Waals surface area (Å²) in [6, 6.07) is 5.45. The first kappa shape index (κ1) is 14.1. The van der Waals surface area contributed by atoms with Gasteiger partial charge in [-0.05, 0) is 43.5 Å². The number of likely N-dealkylation sites (tertiary alicyclic amines) is 1. The first-order valence-electron chi connectivity index (χ1n) is 6.27. The highest BCUT2D eigenvalue weighted by molar-refractivity contribution is 9.10. The summed E-state index contributed by atoms with van der Waals surface area (Å²) in [6.45, 7) is 2.87. The molecule has 1 aliphatic heterocycles. The van der Waals surface area contributed by atoms with Crippen molar-refractivity contribution in [1.29, 1.82) is 0 Å². The van der Waals surface area contributed by atoms with Gasteiger partial charge in [-0.15, -0.1) is 0 Å². The molecule has 1 aromatic rings. The molecule has 1 heterocycles. The highest BCUT2D eigenvalue weighted by atomic mass is 79.9. The van der Waals surface area contributed by atoms with Crippen molar-refractivity contribution in [1.82, 2.24) is 4.90 Å². The molecule has 5 heteroatoms. The Morgan fingerprint density at radius 3 is 2.79 bits per heavy atom. The fourth-order valence-corrected chi connectivity index (χ4v) is 2.57. The van der Waals surface area contributed by atoms with Crippen LogP contribution in [0.15, 0.2) is 22.7 Å². The van der Waals surface area contributed by atoms with Crippen LogP contribution < -0.4 is 0 Å². The van der Waals surface area contributed by atoms with E-state index in [9.17, 15) is 9.59 Å². The third kappa shape index (κ3) is 3.15. The molecule has 1 atom stereocenters. The molecule has 19 heavy (non-hydrogen) atoms. The van der Waals surface area contributed by atoms with Crippen LogP contribution in [-0.2, 0) is 4.79 Å². The molecule has 1 fully saturated rings. The van der Waals surface area contributed by atoms with E-state index in [2.05, 4.69) is 15.9 Å². The molecule has 1 aliphatic rings.